The van der Waals surface area contributed by atoms with Crippen LogP contribution in [0.5, 0.6) is 0 Å². The van der Waals surface area contributed by atoms with Gasteiger partial charge >= 0.3 is 0 Å². The van der Waals surface area contributed by atoms with E-state index in [1.54, 1.807) is 12.2 Å². The third kappa shape index (κ3) is 6.30. The maximum Gasteiger partial charge on any atom is 0.243 e. The minimum absolute atomic E-state index is 0.0105. The van der Waals surface area contributed by atoms with Crippen molar-refractivity contribution < 1.29 is 4.79 Å². The van der Waals surface area contributed by atoms with E-state index in [-0.39, 0.29) is 5.91 Å². The van der Waals surface area contributed by atoms with Gasteiger partial charge in [0.05, 0.1) is 11.0 Å². The van der Waals surface area contributed by atoms with Crippen LogP contribution in [0.15, 0.2) is 60.7 Å². The summed E-state index contributed by atoms with van der Waals surface area (Å²) in [6.45, 7) is 7.94. The maximum atomic E-state index is 11.5. The van der Waals surface area contributed by atoms with Gasteiger partial charge in [-0.25, -0.2) is 4.98 Å². The summed E-state index contributed by atoms with van der Waals surface area (Å²) in [6.07, 6.45) is 8.56. The summed E-state index contributed by atoms with van der Waals surface area (Å²) in [4.78, 5) is 16.4. The van der Waals surface area contributed by atoms with Crippen molar-refractivity contribution in [1.29, 1.82) is 0 Å². The van der Waals surface area contributed by atoms with Gasteiger partial charge in [-0.05, 0) is 61.4 Å². The smallest absolute Gasteiger partial charge is 0.243 e. The van der Waals surface area contributed by atoms with E-state index < -0.39 is 0 Å². The Morgan fingerprint density at radius 1 is 1.10 bits per heavy atom. The third-order valence-electron chi connectivity index (χ3n) is 5.93. The van der Waals surface area contributed by atoms with Crippen molar-refractivity contribution >= 4 is 16.9 Å². The number of hydrogen-bond acceptors (Lipinski definition) is 2. The molecule has 1 amide bonds. The van der Waals surface area contributed by atoms with Crippen LogP contribution in [0, 0.1) is 0 Å². The molecule has 3 rings (SSSR count). The number of nitrogens with zero attached hydrogens (tertiary/aromatic N) is 2. The summed E-state index contributed by atoms with van der Waals surface area (Å²) in [5, 5.41) is 2.92. The number of allylic oxidation sites excluding steroid dienone is 1. The summed E-state index contributed by atoms with van der Waals surface area (Å²) < 4.78 is 2.36. The molecule has 0 spiro atoms. The first-order valence-corrected chi connectivity index (χ1v) is 11.6. The number of para-hydroxylation sites is 2. The zero-order chi connectivity index (χ0) is 22.1. The van der Waals surface area contributed by atoms with E-state index in [1.165, 1.54) is 16.6 Å². The van der Waals surface area contributed by atoms with Crippen LogP contribution in [0.2, 0.25) is 0 Å². The van der Waals surface area contributed by atoms with Gasteiger partial charge in [-0.2, -0.15) is 0 Å². The molecular weight excluding hydrogens is 382 g/mol. The quantitative estimate of drug-likeness (QED) is 0.307. The van der Waals surface area contributed by atoms with Crippen molar-refractivity contribution in [2.24, 2.45) is 0 Å². The molecule has 1 aromatic heterocycles. The average molecular weight is 418 g/mol. The van der Waals surface area contributed by atoms with Gasteiger partial charge in [-0.15, -0.1) is 0 Å². The van der Waals surface area contributed by atoms with Gasteiger partial charge in [-0.3, -0.25) is 4.79 Å². The topological polar surface area (TPSA) is 46.9 Å². The first kappa shape index (κ1) is 22.8. The lowest BCUT2D eigenvalue weighted by Crippen LogP contribution is -2.21. The monoisotopic (exact) mass is 417 g/mol. The molecular formula is C27H35N3O. The van der Waals surface area contributed by atoms with E-state index in [4.69, 9.17) is 4.98 Å². The highest BCUT2D eigenvalue weighted by atomic mass is 16.1. The van der Waals surface area contributed by atoms with Gasteiger partial charge < -0.3 is 9.88 Å². The van der Waals surface area contributed by atoms with E-state index in [9.17, 15) is 4.79 Å². The van der Waals surface area contributed by atoms with Gasteiger partial charge in [0.25, 0.3) is 0 Å². The molecule has 3 aromatic rings. The number of imidazole rings is 1. The SMILES string of the molecule is C/C=C/C(=O)NCCCCCc1nc2ccccc2n1Cc1ccc(C(C)CC)cc1. The molecule has 0 saturated carbocycles. The average Bonchev–Trinajstić information content (AvgIpc) is 3.13. The van der Waals surface area contributed by atoms with E-state index in [2.05, 4.69) is 72.3 Å². The molecule has 31 heavy (non-hydrogen) atoms. The predicted octanol–water partition coefficient (Wildman–Crippen LogP) is 6.00. The van der Waals surface area contributed by atoms with E-state index >= 15 is 0 Å². The Hall–Kier alpha value is -2.88. The lowest BCUT2D eigenvalue weighted by atomic mass is 9.97. The summed E-state index contributed by atoms with van der Waals surface area (Å²) in [5.74, 6) is 1.73. The van der Waals surface area contributed by atoms with Crippen molar-refractivity contribution in [3.8, 4) is 0 Å². The number of hydrogen-bond donors (Lipinski definition) is 1. The number of carbonyl (C=O) groups excluding carboxylic acids is 1. The van der Waals surface area contributed by atoms with Crippen LogP contribution < -0.4 is 5.32 Å². The number of aromatic nitrogens is 2. The molecule has 2 aromatic carbocycles. The second-order valence-electron chi connectivity index (χ2n) is 8.26. The Labute approximate surface area is 186 Å². The van der Waals surface area contributed by atoms with E-state index in [1.807, 2.05) is 6.92 Å². The Kier molecular flexibility index (Phi) is 8.45. The molecule has 0 saturated heterocycles. The van der Waals surface area contributed by atoms with Crippen LogP contribution >= 0.6 is 0 Å². The normalized spacial score (nSPS) is 12.5. The van der Waals surface area contributed by atoms with Crippen LogP contribution in [0.4, 0.5) is 0 Å². The number of carbonyl (C=O) groups is 1. The molecule has 1 heterocycles. The van der Waals surface area contributed by atoms with Gasteiger partial charge in [0.2, 0.25) is 5.91 Å². The molecule has 4 nitrogen and oxygen atoms in total. The minimum atomic E-state index is -0.0105. The van der Waals surface area contributed by atoms with Gasteiger partial charge in [0, 0.05) is 19.5 Å². The van der Waals surface area contributed by atoms with Gasteiger partial charge in [0.1, 0.15) is 5.82 Å². The maximum absolute atomic E-state index is 11.5. The highest BCUT2D eigenvalue weighted by Crippen LogP contribution is 2.22. The Balaban J connectivity index is 1.64. The van der Waals surface area contributed by atoms with Crippen molar-refractivity contribution in [2.45, 2.75) is 65.3 Å². The Morgan fingerprint density at radius 3 is 2.61 bits per heavy atom. The number of benzene rings is 2. The first-order chi connectivity index (χ1) is 15.1. The second-order valence-corrected chi connectivity index (χ2v) is 8.26. The molecule has 1 atom stereocenters. The van der Waals surface area contributed by atoms with Crippen LogP contribution in [-0.4, -0.2) is 22.0 Å². The molecule has 0 aliphatic carbocycles. The van der Waals surface area contributed by atoms with Crippen molar-refractivity contribution in [1.82, 2.24) is 14.9 Å². The van der Waals surface area contributed by atoms with Crippen LogP contribution in [-0.2, 0) is 17.8 Å². The summed E-state index contributed by atoms with van der Waals surface area (Å²) in [5.41, 5.74) is 4.97. The molecule has 0 bridgehead atoms. The number of amides is 1. The summed E-state index contributed by atoms with van der Waals surface area (Å²) >= 11 is 0. The highest BCUT2D eigenvalue weighted by Gasteiger charge is 2.11. The van der Waals surface area contributed by atoms with Crippen molar-refractivity contribution in [3.05, 3.63) is 77.6 Å². The minimum Gasteiger partial charge on any atom is -0.353 e. The lowest BCUT2D eigenvalue weighted by molar-refractivity contribution is -0.116. The molecule has 1 unspecified atom stereocenters. The Morgan fingerprint density at radius 2 is 1.87 bits per heavy atom. The van der Waals surface area contributed by atoms with Crippen LogP contribution in [0.25, 0.3) is 11.0 Å². The summed E-state index contributed by atoms with van der Waals surface area (Å²) in [6, 6.07) is 17.4. The van der Waals surface area contributed by atoms with Gasteiger partial charge in [0.15, 0.2) is 0 Å². The number of rotatable bonds is 11. The lowest BCUT2D eigenvalue weighted by Gasteiger charge is -2.12. The fraction of sp³-hybridized carbons (Fsp3) is 0.407. The molecule has 1 N–H and O–H groups in total. The molecule has 0 fully saturated rings. The standard InChI is InChI=1S/C27H35N3O/c1-4-11-27(31)28-19-10-6-7-14-26-29-24-12-8-9-13-25(24)30(26)20-22-15-17-23(18-16-22)21(3)5-2/h4,8-9,11-13,15-18,21H,5-7,10,14,19-20H2,1-3H3,(H,28,31)/b11-4+. The second kappa shape index (κ2) is 11.5. The first-order valence-electron chi connectivity index (χ1n) is 11.6. The zero-order valence-corrected chi connectivity index (χ0v) is 19.1. The van der Waals surface area contributed by atoms with Gasteiger partial charge in [-0.1, -0.05) is 62.7 Å². The van der Waals surface area contributed by atoms with Crippen LogP contribution in [0.3, 0.4) is 0 Å². The van der Waals surface area contributed by atoms with Crippen molar-refractivity contribution in [3.63, 3.8) is 0 Å². The predicted molar refractivity (Wildman–Crippen MR) is 129 cm³/mol. The number of unbranched alkanes of at least 4 members (excludes halogenated alkanes) is 2. The summed E-state index contributed by atoms with van der Waals surface area (Å²) in [7, 11) is 0. The van der Waals surface area contributed by atoms with Crippen LogP contribution in [0.1, 0.15) is 69.3 Å². The molecule has 4 heteroatoms. The molecule has 164 valence electrons. The largest absolute Gasteiger partial charge is 0.353 e. The van der Waals surface area contributed by atoms with Crippen molar-refractivity contribution in [2.75, 3.05) is 6.54 Å². The molecule has 0 radical (unpaired) electrons. The Bertz CT molecular complexity index is 1000. The highest BCUT2D eigenvalue weighted by molar-refractivity contribution is 5.87. The van der Waals surface area contributed by atoms with E-state index in [0.717, 1.165) is 56.5 Å². The number of nitrogens with one attached hydrogen (secondary N) is 1. The number of aryl methyl sites for hydroxylation is 1. The number of fused-ring (bicyclic) bond motifs is 1. The fourth-order valence-electron chi connectivity index (χ4n) is 3.87. The fourth-order valence-corrected chi connectivity index (χ4v) is 3.87. The molecule has 0 aliphatic rings. The van der Waals surface area contributed by atoms with E-state index in [0.29, 0.717) is 5.92 Å². The zero-order valence-electron chi connectivity index (χ0n) is 19.1. The molecule has 0 aliphatic heterocycles. The third-order valence-corrected chi connectivity index (χ3v) is 5.93.